The van der Waals surface area contributed by atoms with E-state index in [1.807, 2.05) is 42.5 Å². The third kappa shape index (κ3) is 3.38. The minimum Gasteiger partial charge on any atom is -0.497 e. The second kappa shape index (κ2) is 7.16. The Bertz CT molecular complexity index is 1040. The Balaban J connectivity index is 1.56. The first-order chi connectivity index (χ1) is 13.2. The summed E-state index contributed by atoms with van der Waals surface area (Å²) in [6, 6.07) is 15.1. The van der Waals surface area contributed by atoms with Crippen LogP contribution in [0.15, 0.2) is 60.9 Å². The number of hydrogen-bond donors (Lipinski definition) is 0. The highest BCUT2D eigenvalue weighted by atomic mass is 16.5. The molecule has 0 saturated carbocycles. The summed E-state index contributed by atoms with van der Waals surface area (Å²) in [5.41, 5.74) is 5.11. The van der Waals surface area contributed by atoms with Crippen LogP contribution < -0.4 is 4.74 Å². The Labute approximate surface area is 157 Å². The summed E-state index contributed by atoms with van der Waals surface area (Å²) in [5.74, 6) is 0.856. The number of carbonyl (C=O) groups is 2. The van der Waals surface area contributed by atoms with Crippen LogP contribution in [-0.2, 0) is 12.8 Å². The molecule has 134 valence electrons. The topological polar surface area (TPSA) is 56.3 Å². The molecule has 1 aliphatic carbocycles. The van der Waals surface area contributed by atoms with E-state index in [2.05, 4.69) is 4.98 Å². The maximum absolute atomic E-state index is 12.7. The molecule has 0 amide bonds. The van der Waals surface area contributed by atoms with Gasteiger partial charge in [0.05, 0.1) is 7.11 Å². The van der Waals surface area contributed by atoms with Crippen molar-refractivity contribution in [3.8, 4) is 16.9 Å². The Morgan fingerprint density at radius 2 is 1.96 bits per heavy atom. The van der Waals surface area contributed by atoms with Gasteiger partial charge in [0.2, 0.25) is 0 Å². The monoisotopic (exact) mass is 357 g/mol. The highest BCUT2D eigenvalue weighted by Gasteiger charge is 2.23. The summed E-state index contributed by atoms with van der Waals surface area (Å²) in [6.45, 7) is 0. The number of rotatable bonds is 5. The molecule has 0 saturated heterocycles. The van der Waals surface area contributed by atoms with Gasteiger partial charge in [0, 0.05) is 36.4 Å². The zero-order valence-electron chi connectivity index (χ0n) is 15.1. The largest absolute Gasteiger partial charge is 0.497 e. The number of fused-ring (bicyclic) bond motifs is 3. The molecule has 4 nitrogen and oxygen atoms in total. The fraction of sp³-hybridized carbons (Fsp3) is 0.174. The van der Waals surface area contributed by atoms with E-state index >= 15 is 0 Å². The molecule has 4 rings (SSSR count). The van der Waals surface area contributed by atoms with E-state index in [0.29, 0.717) is 30.4 Å². The molecule has 1 heterocycles. The lowest BCUT2D eigenvalue weighted by molar-refractivity contribution is 0.0982. The Morgan fingerprint density at radius 1 is 1.07 bits per heavy atom. The van der Waals surface area contributed by atoms with E-state index in [9.17, 15) is 9.59 Å². The van der Waals surface area contributed by atoms with Gasteiger partial charge in [-0.1, -0.05) is 24.3 Å². The number of ether oxygens (including phenoxy) is 1. The van der Waals surface area contributed by atoms with Crippen LogP contribution in [0, 0.1) is 0 Å². The SMILES string of the molecule is COc1cccc(CCC(=O)c2ccc3c(c2)C(=O)Cc2cnccc2-3)c1. The summed E-state index contributed by atoms with van der Waals surface area (Å²) in [4.78, 5) is 29.3. The van der Waals surface area contributed by atoms with Crippen molar-refractivity contribution in [2.24, 2.45) is 0 Å². The van der Waals surface area contributed by atoms with Crippen molar-refractivity contribution < 1.29 is 14.3 Å². The van der Waals surface area contributed by atoms with Gasteiger partial charge in [-0.15, -0.1) is 0 Å². The van der Waals surface area contributed by atoms with Gasteiger partial charge in [-0.25, -0.2) is 0 Å². The van der Waals surface area contributed by atoms with Crippen LogP contribution in [0.5, 0.6) is 5.75 Å². The maximum atomic E-state index is 12.7. The van der Waals surface area contributed by atoms with Crippen LogP contribution in [-0.4, -0.2) is 23.7 Å². The number of nitrogens with zero attached hydrogens (tertiary/aromatic N) is 1. The predicted molar refractivity (Wildman–Crippen MR) is 103 cm³/mol. The summed E-state index contributed by atoms with van der Waals surface area (Å²) < 4.78 is 5.22. The van der Waals surface area contributed by atoms with Gasteiger partial charge < -0.3 is 4.74 Å². The molecule has 0 N–H and O–H groups in total. The van der Waals surface area contributed by atoms with E-state index in [0.717, 1.165) is 28.0 Å². The number of pyridine rings is 1. The predicted octanol–water partition coefficient (Wildman–Crippen LogP) is 4.31. The van der Waals surface area contributed by atoms with Crippen molar-refractivity contribution in [2.45, 2.75) is 19.3 Å². The number of hydrogen-bond acceptors (Lipinski definition) is 4. The number of ketones is 2. The van der Waals surface area contributed by atoms with Crippen LogP contribution in [0.1, 0.15) is 38.3 Å². The standard InChI is InChI=1S/C23H19NO3/c1-27-18-4-2-3-15(11-18)5-8-22(25)16-6-7-20-19-9-10-24-14-17(19)13-23(26)21(20)12-16/h2-4,6-7,9-12,14H,5,8,13H2,1H3. The van der Waals surface area contributed by atoms with Gasteiger partial charge in [0.1, 0.15) is 5.75 Å². The first kappa shape index (κ1) is 17.2. The lowest BCUT2D eigenvalue weighted by Gasteiger charge is -2.19. The van der Waals surface area contributed by atoms with Crippen LogP contribution in [0.4, 0.5) is 0 Å². The summed E-state index contributed by atoms with van der Waals surface area (Å²) in [7, 11) is 1.63. The molecule has 3 aromatic rings. The van der Waals surface area contributed by atoms with Gasteiger partial charge >= 0.3 is 0 Å². The Hall–Kier alpha value is -3.27. The molecular formula is C23H19NO3. The van der Waals surface area contributed by atoms with Crippen molar-refractivity contribution in [1.29, 1.82) is 0 Å². The normalized spacial score (nSPS) is 12.3. The first-order valence-corrected chi connectivity index (χ1v) is 8.92. The highest BCUT2D eigenvalue weighted by molar-refractivity contribution is 6.09. The fourth-order valence-corrected chi connectivity index (χ4v) is 3.51. The number of carbonyl (C=O) groups excluding carboxylic acids is 2. The van der Waals surface area contributed by atoms with Gasteiger partial charge in [-0.05, 0) is 52.9 Å². The van der Waals surface area contributed by atoms with E-state index < -0.39 is 0 Å². The average molecular weight is 357 g/mol. The van der Waals surface area contributed by atoms with Crippen LogP contribution in [0.2, 0.25) is 0 Å². The number of methoxy groups -OCH3 is 1. The van der Waals surface area contributed by atoms with E-state index in [1.54, 1.807) is 25.6 Å². The minimum atomic E-state index is 0.0351. The molecule has 0 fully saturated rings. The summed E-state index contributed by atoms with van der Waals surface area (Å²) >= 11 is 0. The average Bonchev–Trinajstić information content (AvgIpc) is 2.72. The van der Waals surface area contributed by atoms with Gasteiger partial charge in [-0.3, -0.25) is 14.6 Å². The zero-order valence-corrected chi connectivity index (χ0v) is 15.1. The molecule has 2 aromatic carbocycles. The Morgan fingerprint density at radius 3 is 2.81 bits per heavy atom. The molecule has 0 spiro atoms. The third-order valence-corrected chi connectivity index (χ3v) is 4.96. The molecule has 0 atom stereocenters. The van der Waals surface area contributed by atoms with Gasteiger partial charge in [0.15, 0.2) is 11.6 Å². The number of aryl methyl sites for hydroxylation is 1. The molecule has 4 heteroatoms. The highest BCUT2D eigenvalue weighted by Crippen LogP contribution is 2.33. The smallest absolute Gasteiger partial charge is 0.167 e. The van der Waals surface area contributed by atoms with Crippen molar-refractivity contribution in [3.63, 3.8) is 0 Å². The number of aromatic nitrogens is 1. The lowest BCUT2D eigenvalue weighted by atomic mass is 9.84. The lowest BCUT2D eigenvalue weighted by Crippen LogP contribution is -2.14. The van der Waals surface area contributed by atoms with Crippen molar-refractivity contribution in [1.82, 2.24) is 4.98 Å². The maximum Gasteiger partial charge on any atom is 0.167 e. The summed E-state index contributed by atoms with van der Waals surface area (Å²) in [5, 5.41) is 0. The molecule has 27 heavy (non-hydrogen) atoms. The zero-order chi connectivity index (χ0) is 18.8. The second-order valence-corrected chi connectivity index (χ2v) is 6.67. The summed E-state index contributed by atoms with van der Waals surface area (Å²) in [6.07, 6.45) is 4.82. The Kier molecular flexibility index (Phi) is 4.55. The number of benzene rings is 2. The molecule has 0 unspecified atom stereocenters. The number of Topliss-reactive ketones (excluding diaryl/α,β-unsaturated/α-hetero) is 2. The van der Waals surface area contributed by atoms with E-state index in [-0.39, 0.29) is 11.6 Å². The van der Waals surface area contributed by atoms with Crippen molar-refractivity contribution in [2.75, 3.05) is 7.11 Å². The van der Waals surface area contributed by atoms with Crippen molar-refractivity contribution in [3.05, 3.63) is 83.2 Å². The third-order valence-electron chi connectivity index (χ3n) is 4.96. The first-order valence-electron chi connectivity index (χ1n) is 8.92. The van der Waals surface area contributed by atoms with Crippen LogP contribution >= 0.6 is 0 Å². The van der Waals surface area contributed by atoms with Gasteiger partial charge in [0.25, 0.3) is 0 Å². The molecule has 1 aliphatic rings. The van der Waals surface area contributed by atoms with Crippen LogP contribution in [0.3, 0.4) is 0 Å². The van der Waals surface area contributed by atoms with Gasteiger partial charge in [-0.2, -0.15) is 0 Å². The minimum absolute atomic E-state index is 0.0351. The molecule has 0 bridgehead atoms. The molecular weight excluding hydrogens is 338 g/mol. The molecule has 0 aliphatic heterocycles. The van der Waals surface area contributed by atoms with E-state index in [1.165, 1.54) is 0 Å². The van der Waals surface area contributed by atoms with E-state index in [4.69, 9.17) is 4.74 Å². The molecule has 1 aromatic heterocycles. The van der Waals surface area contributed by atoms with Crippen LogP contribution in [0.25, 0.3) is 11.1 Å². The second-order valence-electron chi connectivity index (χ2n) is 6.67. The fourth-order valence-electron chi connectivity index (χ4n) is 3.51. The molecule has 0 radical (unpaired) electrons. The quantitative estimate of drug-likeness (QED) is 0.639. The van der Waals surface area contributed by atoms with Crippen molar-refractivity contribution >= 4 is 11.6 Å².